The Morgan fingerprint density at radius 2 is 1.88 bits per heavy atom. The maximum absolute atomic E-state index is 14.2. The monoisotopic (exact) mass is 440 g/mol. The number of nitriles is 1. The minimum absolute atomic E-state index is 0.171. The molecule has 33 heavy (non-hydrogen) atoms. The number of halogens is 1. The number of nitro groups is 1. The highest BCUT2D eigenvalue weighted by Gasteiger charge is 2.15. The maximum Gasteiger partial charge on any atom is 0.271 e. The molecule has 0 spiro atoms. The van der Waals surface area contributed by atoms with Gasteiger partial charge in [0.05, 0.1) is 11.5 Å². The molecule has 1 amide bonds. The van der Waals surface area contributed by atoms with Crippen LogP contribution < -0.4 is 5.32 Å². The molecule has 0 aliphatic rings. The third-order valence-corrected chi connectivity index (χ3v) is 5.10. The largest absolute Gasteiger partial charge is 0.342 e. The number of nitrogens with one attached hydrogen (secondary N) is 1. The Morgan fingerprint density at radius 1 is 1.12 bits per heavy atom. The summed E-state index contributed by atoms with van der Waals surface area (Å²) in [6.45, 7) is 0.281. The van der Waals surface area contributed by atoms with Crippen LogP contribution in [-0.2, 0) is 11.3 Å². The standard InChI is InChI=1S/C25H17FN4O3/c26-23-10-3-1-6-17(23)15-29-16-19(22-9-2-4-11-24(22)29)12-18(14-27)25(31)28-20-7-5-8-21(13-20)30(32)33/h1-13,16H,15H2,(H,28,31)/b18-12+. The Hall–Kier alpha value is -4.77. The molecule has 7 nitrogen and oxygen atoms in total. The summed E-state index contributed by atoms with van der Waals surface area (Å²) in [5, 5.41) is 23.9. The van der Waals surface area contributed by atoms with Crippen molar-refractivity contribution in [2.45, 2.75) is 6.54 Å². The van der Waals surface area contributed by atoms with E-state index >= 15 is 0 Å². The Morgan fingerprint density at radius 3 is 2.64 bits per heavy atom. The second-order valence-electron chi connectivity index (χ2n) is 7.25. The highest BCUT2D eigenvalue weighted by atomic mass is 19.1. The minimum Gasteiger partial charge on any atom is -0.342 e. The number of hydrogen-bond acceptors (Lipinski definition) is 4. The summed E-state index contributed by atoms with van der Waals surface area (Å²) in [4.78, 5) is 23.1. The SMILES string of the molecule is N#C/C(=C\c1cn(Cc2ccccc2F)c2ccccc12)C(=O)Nc1cccc([N+](=O)[O-])c1. The quantitative estimate of drug-likeness (QED) is 0.191. The van der Waals surface area contributed by atoms with Gasteiger partial charge in [0.1, 0.15) is 17.5 Å². The summed E-state index contributed by atoms with van der Waals surface area (Å²) in [6.07, 6.45) is 3.21. The number of rotatable bonds is 6. The number of aromatic nitrogens is 1. The molecule has 1 heterocycles. The summed E-state index contributed by atoms with van der Waals surface area (Å²) in [5.41, 5.74) is 1.81. The van der Waals surface area contributed by atoms with Crippen molar-refractivity contribution in [1.29, 1.82) is 5.26 Å². The number of nitrogens with zero attached hydrogens (tertiary/aromatic N) is 3. The van der Waals surface area contributed by atoms with Crippen LogP contribution in [0.3, 0.4) is 0 Å². The first kappa shape index (κ1) is 21.5. The molecule has 0 aliphatic carbocycles. The number of benzene rings is 3. The van der Waals surface area contributed by atoms with Gasteiger partial charge in [0.15, 0.2) is 0 Å². The van der Waals surface area contributed by atoms with Gasteiger partial charge in [-0.05, 0) is 24.3 Å². The van der Waals surface area contributed by atoms with Gasteiger partial charge in [-0.1, -0.05) is 42.5 Å². The first-order valence-corrected chi connectivity index (χ1v) is 9.95. The van der Waals surface area contributed by atoms with Gasteiger partial charge in [-0.2, -0.15) is 5.26 Å². The fourth-order valence-corrected chi connectivity index (χ4v) is 3.53. The number of carbonyl (C=O) groups excluding carboxylic acids is 1. The Balaban J connectivity index is 1.67. The van der Waals surface area contributed by atoms with Gasteiger partial charge in [-0.3, -0.25) is 14.9 Å². The van der Waals surface area contributed by atoms with Crippen LogP contribution in [0.2, 0.25) is 0 Å². The van der Waals surface area contributed by atoms with Crippen molar-refractivity contribution in [1.82, 2.24) is 4.57 Å². The fraction of sp³-hybridized carbons (Fsp3) is 0.0400. The van der Waals surface area contributed by atoms with Crippen molar-refractivity contribution < 1.29 is 14.1 Å². The molecule has 4 rings (SSSR count). The van der Waals surface area contributed by atoms with Gasteiger partial charge in [0.25, 0.3) is 11.6 Å². The molecule has 3 aromatic carbocycles. The van der Waals surface area contributed by atoms with E-state index in [1.165, 1.54) is 36.4 Å². The molecule has 162 valence electrons. The molecule has 0 radical (unpaired) electrons. The number of carbonyl (C=O) groups is 1. The van der Waals surface area contributed by atoms with E-state index in [1.54, 1.807) is 24.4 Å². The smallest absolute Gasteiger partial charge is 0.271 e. The van der Waals surface area contributed by atoms with Gasteiger partial charge in [-0.15, -0.1) is 0 Å². The lowest BCUT2D eigenvalue weighted by atomic mass is 10.1. The molecule has 1 aromatic heterocycles. The number of non-ortho nitro benzene ring substituents is 1. The van der Waals surface area contributed by atoms with E-state index in [-0.39, 0.29) is 29.3 Å². The van der Waals surface area contributed by atoms with Crippen LogP contribution in [0, 0.1) is 27.3 Å². The van der Waals surface area contributed by atoms with Gasteiger partial charge in [-0.25, -0.2) is 4.39 Å². The third kappa shape index (κ3) is 4.62. The summed E-state index contributed by atoms with van der Waals surface area (Å²) in [5.74, 6) is -1.01. The highest BCUT2D eigenvalue weighted by molar-refractivity contribution is 6.10. The predicted molar refractivity (Wildman–Crippen MR) is 123 cm³/mol. The first-order valence-electron chi connectivity index (χ1n) is 9.95. The van der Waals surface area contributed by atoms with E-state index in [9.17, 15) is 24.6 Å². The lowest BCUT2D eigenvalue weighted by molar-refractivity contribution is -0.384. The number of nitro benzene ring substituents is 1. The average Bonchev–Trinajstić information content (AvgIpc) is 3.16. The van der Waals surface area contributed by atoms with E-state index in [1.807, 2.05) is 34.9 Å². The van der Waals surface area contributed by atoms with E-state index in [4.69, 9.17) is 0 Å². The minimum atomic E-state index is -0.691. The van der Waals surface area contributed by atoms with Crippen molar-refractivity contribution in [3.63, 3.8) is 0 Å². The molecule has 0 saturated carbocycles. The molecule has 0 atom stereocenters. The molecular formula is C25H17FN4O3. The van der Waals surface area contributed by atoms with Crippen LogP contribution in [-0.4, -0.2) is 15.4 Å². The van der Waals surface area contributed by atoms with E-state index in [0.717, 1.165) is 10.9 Å². The van der Waals surface area contributed by atoms with Gasteiger partial charge >= 0.3 is 0 Å². The topological polar surface area (TPSA) is 101 Å². The number of anilines is 1. The Kier molecular flexibility index (Phi) is 5.96. The van der Waals surface area contributed by atoms with Crippen molar-refractivity contribution in [2.24, 2.45) is 0 Å². The number of hydrogen-bond donors (Lipinski definition) is 1. The molecule has 8 heteroatoms. The van der Waals surface area contributed by atoms with Gasteiger partial charge in [0.2, 0.25) is 0 Å². The van der Waals surface area contributed by atoms with E-state index in [0.29, 0.717) is 11.1 Å². The third-order valence-electron chi connectivity index (χ3n) is 5.10. The van der Waals surface area contributed by atoms with Crippen molar-refractivity contribution >= 4 is 34.3 Å². The zero-order chi connectivity index (χ0) is 23.4. The summed E-state index contributed by atoms with van der Waals surface area (Å²) in [7, 11) is 0. The molecule has 4 aromatic rings. The molecule has 0 bridgehead atoms. The second-order valence-corrected chi connectivity index (χ2v) is 7.25. The molecule has 0 aliphatic heterocycles. The first-order chi connectivity index (χ1) is 16.0. The van der Waals surface area contributed by atoms with Crippen LogP contribution in [0.25, 0.3) is 17.0 Å². The fourth-order valence-electron chi connectivity index (χ4n) is 3.53. The van der Waals surface area contributed by atoms with Gasteiger partial charge < -0.3 is 9.88 Å². The molecular weight excluding hydrogens is 423 g/mol. The zero-order valence-electron chi connectivity index (χ0n) is 17.2. The van der Waals surface area contributed by atoms with Crippen LogP contribution in [0.1, 0.15) is 11.1 Å². The maximum atomic E-state index is 14.2. The van der Waals surface area contributed by atoms with Crippen LogP contribution in [0.5, 0.6) is 0 Å². The van der Waals surface area contributed by atoms with Crippen LogP contribution >= 0.6 is 0 Å². The molecule has 0 saturated heterocycles. The molecule has 0 fully saturated rings. The van der Waals surface area contributed by atoms with Crippen molar-refractivity contribution in [2.75, 3.05) is 5.32 Å². The van der Waals surface area contributed by atoms with Crippen molar-refractivity contribution in [3.8, 4) is 6.07 Å². The van der Waals surface area contributed by atoms with E-state index in [2.05, 4.69) is 5.32 Å². The number of para-hydroxylation sites is 1. The number of fused-ring (bicyclic) bond motifs is 1. The number of amides is 1. The predicted octanol–water partition coefficient (Wildman–Crippen LogP) is 5.28. The Labute approximate surface area is 188 Å². The summed E-state index contributed by atoms with van der Waals surface area (Å²) in [6, 6.07) is 21.3. The lowest BCUT2D eigenvalue weighted by Crippen LogP contribution is -2.13. The van der Waals surface area contributed by atoms with E-state index < -0.39 is 10.8 Å². The zero-order valence-corrected chi connectivity index (χ0v) is 17.2. The summed E-state index contributed by atoms with van der Waals surface area (Å²) >= 11 is 0. The van der Waals surface area contributed by atoms with Gasteiger partial charge in [0, 0.05) is 46.0 Å². The van der Waals surface area contributed by atoms with Crippen LogP contribution in [0.15, 0.2) is 84.6 Å². The molecule has 0 unspecified atom stereocenters. The average molecular weight is 440 g/mol. The highest BCUT2D eigenvalue weighted by Crippen LogP contribution is 2.25. The Bertz CT molecular complexity index is 1450. The summed E-state index contributed by atoms with van der Waals surface area (Å²) < 4.78 is 16.0. The van der Waals surface area contributed by atoms with Crippen LogP contribution in [0.4, 0.5) is 15.8 Å². The second kappa shape index (κ2) is 9.16. The lowest BCUT2D eigenvalue weighted by Gasteiger charge is -2.06. The molecule has 1 N–H and O–H groups in total. The van der Waals surface area contributed by atoms with Crippen molar-refractivity contribution in [3.05, 3.63) is 112 Å². The normalized spacial score (nSPS) is 11.2.